The number of benzene rings is 1. The highest BCUT2D eigenvalue weighted by atomic mass is 19.1. The maximum absolute atomic E-state index is 13.0. The van der Waals surface area contributed by atoms with Crippen LogP contribution in [-0.4, -0.2) is 23.6 Å². The van der Waals surface area contributed by atoms with Crippen molar-refractivity contribution in [2.75, 3.05) is 18.4 Å². The minimum atomic E-state index is -0.595. The van der Waals surface area contributed by atoms with Crippen molar-refractivity contribution in [3.05, 3.63) is 34.1 Å². The number of rotatable bonds is 3. The van der Waals surface area contributed by atoms with Crippen LogP contribution in [0.1, 0.15) is 19.8 Å². The van der Waals surface area contributed by atoms with E-state index in [1.54, 1.807) is 0 Å². The van der Waals surface area contributed by atoms with E-state index in [2.05, 4.69) is 10.6 Å². The lowest BCUT2D eigenvalue weighted by molar-refractivity contribution is -0.384. The molecule has 1 saturated heterocycles. The van der Waals surface area contributed by atoms with Gasteiger partial charge in [-0.25, -0.2) is 4.39 Å². The number of nitro benzene ring substituents is 1. The van der Waals surface area contributed by atoms with Gasteiger partial charge in [-0.2, -0.15) is 0 Å². The molecule has 0 aliphatic carbocycles. The molecule has 5 nitrogen and oxygen atoms in total. The molecule has 0 radical (unpaired) electrons. The fourth-order valence-electron chi connectivity index (χ4n) is 2.19. The Morgan fingerprint density at radius 2 is 2.11 bits per heavy atom. The summed E-state index contributed by atoms with van der Waals surface area (Å²) < 4.78 is 13.0. The Labute approximate surface area is 105 Å². The van der Waals surface area contributed by atoms with Crippen LogP contribution < -0.4 is 10.6 Å². The average molecular weight is 253 g/mol. The van der Waals surface area contributed by atoms with Gasteiger partial charge in [-0.05, 0) is 45.0 Å². The molecule has 0 atom stereocenters. The average Bonchev–Trinajstić information content (AvgIpc) is 2.32. The highest BCUT2D eigenvalue weighted by molar-refractivity contribution is 5.62. The molecule has 2 N–H and O–H groups in total. The van der Waals surface area contributed by atoms with E-state index in [0.717, 1.165) is 32.0 Å². The van der Waals surface area contributed by atoms with E-state index in [1.165, 1.54) is 12.1 Å². The molecule has 0 aromatic heterocycles. The van der Waals surface area contributed by atoms with E-state index in [9.17, 15) is 14.5 Å². The molecule has 0 amide bonds. The number of hydrogen-bond donors (Lipinski definition) is 2. The Morgan fingerprint density at radius 3 is 2.72 bits per heavy atom. The number of anilines is 1. The van der Waals surface area contributed by atoms with Crippen LogP contribution >= 0.6 is 0 Å². The molecule has 98 valence electrons. The highest BCUT2D eigenvalue weighted by Gasteiger charge is 2.29. The third-order valence-corrected chi connectivity index (χ3v) is 3.30. The second-order valence-corrected chi connectivity index (χ2v) is 4.85. The summed E-state index contributed by atoms with van der Waals surface area (Å²) in [7, 11) is 0. The summed E-state index contributed by atoms with van der Waals surface area (Å²) in [6.45, 7) is 3.78. The molecule has 1 heterocycles. The molecule has 0 saturated carbocycles. The fraction of sp³-hybridized carbons (Fsp3) is 0.500. The van der Waals surface area contributed by atoms with Crippen LogP contribution in [0.4, 0.5) is 15.8 Å². The second kappa shape index (κ2) is 4.89. The van der Waals surface area contributed by atoms with E-state index in [1.807, 2.05) is 6.92 Å². The number of piperidine rings is 1. The summed E-state index contributed by atoms with van der Waals surface area (Å²) in [6.07, 6.45) is 1.75. The SMILES string of the molecule is CC1(Nc2ccc(F)cc2[N+](=O)[O-])CCNCC1. The van der Waals surface area contributed by atoms with Gasteiger partial charge in [0.05, 0.1) is 11.0 Å². The van der Waals surface area contributed by atoms with Crippen LogP contribution in [0.5, 0.6) is 0 Å². The van der Waals surface area contributed by atoms with Gasteiger partial charge in [-0.3, -0.25) is 10.1 Å². The molecular formula is C12H16FN3O2. The lowest BCUT2D eigenvalue weighted by Crippen LogP contribution is -2.45. The molecular weight excluding hydrogens is 237 g/mol. The first-order valence-corrected chi connectivity index (χ1v) is 5.93. The Hall–Kier alpha value is -1.69. The molecule has 0 unspecified atom stereocenters. The van der Waals surface area contributed by atoms with Gasteiger partial charge in [-0.15, -0.1) is 0 Å². The van der Waals surface area contributed by atoms with Gasteiger partial charge in [-0.1, -0.05) is 0 Å². The number of nitrogens with one attached hydrogen (secondary N) is 2. The van der Waals surface area contributed by atoms with Crippen molar-refractivity contribution in [2.24, 2.45) is 0 Å². The Bertz CT molecular complexity index is 459. The normalized spacial score (nSPS) is 18.3. The Morgan fingerprint density at radius 1 is 1.44 bits per heavy atom. The second-order valence-electron chi connectivity index (χ2n) is 4.85. The predicted octanol–water partition coefficient (Wildman–Crippen LogP) is 2.29. The molecule has 1 fully saturated rings. The molecule has 1 aromatic rings. The van der Waals surface area contributed by atoms with E-state index in [-0.39, 0.29) is 11.2 Å². The van der Waals surface area contributed by atoms with Gasteiger partial charge in [0.25, 0.3) is 5.69 Å². The van der Waals surface area contributed by atoms with E-state index < -0.39 is 10.7 Å². The zero-order valence-corrected chi connectivity index (χ0v) is 10.2. The van der Waals surface area contributed by atoms with Crippen molar-refractivity contribution < 1.29 is 9.31 Å². The van der Waals surface area contributed by atoms with Crippen molar-refractivity contribution >= 4 is 11.4 Å². The molecule has 18 heavy (non-hydrogen) atoms. The number of nitro groups is 1. The van der Waals surface area contributed by atoms with Gasteiger partial charge in [0.1, 0.15) is 11.5 Å². The summed E-state index contributed by atoms with van der Waals surface area (Å²) in [4.78, 5) is 10.3. The van der Waals surface area contributed by atoms with E-state index in [4.69, 9.17) is 0 Å². The summed E-state index contributed by atoms with van der Waals surface area (Å²) >= 11 is 0. The van der Waals surface area contributed by atoms with Crippen molar-refractivity contribution in [1.82, 2.24) is 5.32 Å². The number of hydrogen-bond acceptors (Lipinski definition) is 4. The molecule has 0 spiro atoms. The van der Waals surface area contributed by atoms with Crippen LogP contribution in [0, 0.1) is 15.9 Å². The number of nitrogens with zero attached hydrogens (tertiary/aromatic N) is 1. The van der Waals surface area contributed by atoms with E-state index in [0.29, 0.717) is 5.69 Å². The maximum atomic E-state index is 13.0. The Balaban J connectivity index is 2.25. The molecule has 2 rings (SSSR count). The summed E-state index contributed by atoms with van der Waals surface area (Å²) in [5.41, 5.74) is -0.0195. The van der Waals surface area contributed by atoms with Crippen LogP contribution in [0.25, 0.3) is 0 Å². The van der Waals surface area contributed by atoms with Crippen LogP contribution in [0.3, 0.4) is 0 Å². The van der Waals surface area contributed by atoms with Crippen LogP contribution in [0.15, 0.2) is 18.2 Å². The first-order chi connectivity index (χ1) is 8.50. The van der Waals surface area contributed by atoms with Crippen molar-refractivity contribution in [3.63, 3.8) is 0 Å². The van der Waals surface area contributed by atoms with Gasteiger partial charge in [0.15, 0.2) is 0 Å². The standard InChI is InChI=1S/C12H16FN3O2/c1-12(4-6-14-7-5-12)15-10-3-2-9(13)8-11(10)16(17)18/h2-3,8,14-15H,4-7H2,1H3. The zero-order valence-electron chi connectivity index (χ0n) is 10.2. The van der Waals surface area contributed by atoms with Gasteiger partial charge >= 0.3 is 0 Å². The molecule has 1 aromatic carbocycles. The predicted molar refractivity (Wildman–Crippen MR) is 67.2 cm³/mol. The Kier molecular flexibility index (Phi) is 3.47. The third kappa shape index (κ3) is 2.76. The summed E-state index contributed by atoms with van der Waals surface area (Å²) in [5.74, 6) is -0.595. The van der Waals surface area contributed by atoms with E-state index >= 15 is 0 Å². The van der Waals surface area contributed by atoms with Gasteiger partial charge in [0.2, 0.25) is 0 Å². The zero-order chi connectivity index (χ0) is 13.2. The van der Waals surface area contributed by atoms with Crippen molar-refractivity contribution in [2.45, 2.75) is 25.3 Å². The minimum absolute atomic E-state index is 0.187. The van der Waals surface area contributed by atoms with Crippen molar-refractivity contribution in [3.8, 4) is 0 Å². The smallest absolute Gasteiger partial charge is 0.295 e. The third-order valence-electron chi connectivity index (χ3n) is 3.30. The first-order valence-electron chi connectivity index (χ1n) is 5.93. The molecule has 1 aliphatic heterocycles. The summed E-state index contributed by atoms with van der Waals surface area (Å²) in [5, 5.41) is 17.3. The largest absolute Gasteiger partial charge is 0.374 e. The lowest BCUT2D eigenvalue weighted by Gasteiger charge is -2.35. The minimum Gasteiger partial charge on any atom is -0.374 e. The first kappa shape index (κ1) is 12.8. The monoisotopic (exact) mass is 253 g/mol. The van der Waals surface area contributed by atoms with Gasteiger partial charge in [0, 0.05) is 5.54 Å². The van der Waals surface area contributed by atoms with Crippen LogP contribution in [-0.2, 0) is 0 Å². The summed E-state index contributed by atoms with van der Waals surface area (Å²) in [6, 6.07) is 3.62. The molecule has 0 bridgehead atoms. The van der Waals surface area contributed by atoms with Gasteiger partial charge < -0.3 is 10.6 Å². The highest BCUT2D eigenvalue weighted by Crippen LogP contribution is 2.30. The van der Waals surface area contributed by atoms with Crippen molar-refractivity contribution in [1.29, 1.82) is 0 Å². The quantitative estimate of drug-likeness (QED) is 0.640. The number of halogens is 1. The lowest BCUT2D eigenvalue weighted by atomic mass is 9.90. The van der Waals surface area contributed by atoms with Crippen LogP contribution in [0.2, 0.25) is 0 Å². The fourth-order valence-corrected chi connectivity index (χ4v) is 2.19. The molecule has 1 aliphatic rings. The topological polar surface area (TPSA) is 67.2 Å². The molecule has 6 heteroatoms. The maximum Gasteiger partial charge on any atom is 0.295 e.